The van der Waals surface area contributed by atoms with Crippen LogP contribution >= 0.6 is 0 Å². The Bertz CT molecular complexity index is 120. The van der Waals surface area contributed by atoms with Gasteiger partial charge in [0.05, 0.1) is 0 Å². The minimum absolute atomic E-state index is 0.734. The van der Waals surface area contributed by atoms with E-state index in [-0.39, 0.29) is 0 Å². The molecule has 1 heterocycles. The smallest absolute Gasteiger partial charge is 0.0329 e. The van der Waals surface area contributed by atoms with Gasteiger partial charge >= 0.3 is 0 Å². The van der Waals surface area contributed by atoms with Crippen LogP contribution in [-0.4, -0.2) is 43.0 Å². The van der Waals surface area contributed by atoms with E-state index in [1.165, 1.54) is 13.0 Å². The molecule has 1 saturated heterocycles. The molecule has 0 aromatic heterocycles. The monoisotopic (exact) mass is 140 g/mol. The van der Waals surface area contributed by atoms with Gasteiger partial charge in [0, 0.05) is 19.1 Å². The maximum Gasteiger partial charge on any atom is 0.0329 e. The lowest BCUT2D eigenvalue weighted by Gasteiger charge is -2.18. The van der Waals surface area contributed by atoms with Gasteiger partial charge in [-0.15, -0.1) is 0 Å². The predicted octanol–water partition coefficient (Wildman–Crippen LogP) is 0.766. The van der Waals surface area contributed by atoms with Crippen molar-refractivity contribution >= 4 is 0 Å². The van der Waals surface area contributed by atoms with Gasteiger partial charge in [0.25, 0.3) is 0 Å². The van der Waals surface area contributed by atoms with E-state index in [1.807, 2.05) is 6.20 Å². The first-order valence-corrected chi connectivity index (χ1v) is 3.77. The molecule has 0 aromatic carbocycles. The van der Waals surface area contributed by atoms with Gasteiger partial charge in [0.1, 0.15) is 0 Å². The molecule has 0 N–H and O–H groups in total. The van der Waals surface area contributed by atoms with Gasteiger partial charge < -0.3 is 9.80 Å². The Kier molecular flexibility index (Phi) is 2.33. The van der Waals surface area contributed by atoms with Crippen LogP contribution in [0.2, 0.25) is 0 Å². The quantitative estimate of drug-likeness (QED) is 0.559. The lowest BCUT2D eigenvalue weighted by molar-refractivity contribution is 0.296. The number of likely N-dealkylation sites (N-methyl/N-ethyl adjacent to an activating group) is 1. The molecular formula is C8H16N2. The van der Waals surface area contributed by atoms with Crippen molar-refractivity contribution in [2.75, 3.05) is 27.2 Å². The van der Waals surface area contributed by atoms with Gasteiger partial charge in [-0.05, 0) is 26.7 Å². The van der Waals surface area contributed by atoms with Gasteiger partial charge in [0.15, 0.2) is 0 Å². The molecule has 0 aromatic rings. The van der Waals surface area contributed by atoms with Crippen molar-refractivity contribution in [3.05, 3.63) is 12.8 Å². The first kappa shape index (κ1) is 7.61. The van der Waals surface area contributed by atoms with E-state index in [1.54, 1.807) is 0 Å². The summed E-state index contributed by atoms with van der Waals surface area (Å²) in [6, 6.07) is 0.734. The molecule has 2 nitrogen and oxygen atoms in total. The predicted molar refractivity (Wildman–Crippen MR) is 43.9 cm³/mol. The molecule has 1 rings (SSSR count). The molecule has 0 amide bonds. The average Bonchev–Trinajstić information content (AvgIpc) is 2.34. The molecule has 1 aliphatic rings. The number of hydrogen-bond donors (Lipinski definition) is 0. The van der Waals surface area contributed by atoms with Crippen molar-refractivity contribution in [1.82, 2.24) is 9.80 Å². The lowest BCUT2D eigenvalue weighted by Crippen LogP contribution is -2.29. The van der Waals surface area contributed by atoms with Crippen LogP contribution in [0, 0.1) is 0 Å². The van der Waals surface area contributed by atoms with E-state index < -0.39 is 0 Å². The van der Waals surface area contributed by atoms with Gasteiger partial charge in [-0.25, -0.2) is 0 Å². The lowest BCUT2D eigenvalue weighted by atomic mass is 10.2. The third-order valence-electron chi connectivity index (χ3n) is 2.18. The summed E-state index contributed by atoms with van der Waals surface area (Å²) in [7, 11) is 4.27. The van der Waals surface area contributed by atoms with Crippen LogP contribution in [0.3, 0.4) is 0 Å². The Morgan fingerprint density at radius 3 is 2.60 bits per heavy atom. The highest BCUT2D eigenvalue weighted by atomic mass is 15.2. The van der Waals surface area contributed by atoms with Crippen LogP contribution in [0.5, 0.6) is 0 Å². The number of hydrogen-bond acceptors (Lipinski definition) is 2. The van der Waals surface area contributed by atoms with E-state index in [2.05, 4.69) is 30.5 Å². The Morgan fingerprint density at radius 1 is 1.60 bits per heavy atom. The van der Waals surface area contributed by atoms with Crippen LogP contribution in [0.4, 0.5) is 0 Å². The van der Waals surface area contributed by atoms with Crippen LogP contribution in [-0.2, 0) is 0 Å². The molecule has 2 heteroatoms. The van der Waals surface area contributed by atoms with E-state index in [0.29, 0.717) is 0 Å². The first-order valence-electron chi connectivity index (χ1n) is 3.77. The molecule has 0 aliphatic carbocycles. The zero-order chi connectivity index (χ0) is 7.56. The summed E-state index contributed by atoms with van der Waals surface area (Å²) in [6.45, 7) is 6.07. The highest BCUT2D eigenvalue weighted by Gasteiger charge is 2.20. The summed E-state index contributed by atoms with van der Waals surface area (Å²) in [4.78, 5) is 4.55. The Balaban J connectivity index is 2.35. The number of likely N-dealkylation sites (tertiary alicyclic amines) is 1. The van der Waals surface area contributed by atoms with E-state index in [4.69, 9.17) is 0 Å². The van der Waals surface area contributed by atoms with Crippen molar-refractivity contribution in [1.29, 1.82) is 0 Å². The third kappa shape index (κ3) is 1.51. The topological polar surface area (TPSA) is 6.48 Å². The molecule has 0 saturated carbocycles. The molecule has 10 heavy (non-hydrogen) atoms. The van der Waals surface area contributed by atoms with Crippen LogP contribution in [0.15, 0.2) is 12.8 Å². The SMILES string of the molecule is C=CN1CCC(N(C)C)C1. The maximum atomic E-state index is 3.74. The van der Waals surface area contributed by atoms with E-state index >= 15 is 0 Å². The average molecular weight is 140 g/mol. The largest absolute Gasteiger partial charge is 0.376 e. The number of rotatable bonds is 2. The molecule has 1 aliphatic heterocycles. The molecule has 0 bridgehead atoms. The van der Waals surface area contributed by atoms with Crippen LogP contribution in [0.25, 0.3) is 0 Å². The highest BCUT2D eigenvalue weighted by Crippen LogP contribution is 2.12. The standard InChI is InChI=1S/C8H16N2/c1-4-10-6-5-8(7-10)9(2)3/h4,8H,1,5-7H2,2-3H3. The molecule has 0 spiro atoms. The van der Waals surface area contributed by atoms with Crippen molar-refractivity contribution in [2.24, 2.45) is 0 Å². The molecular weight excluding hydrogens is 124 g/mol. The van der Waals surface area contributed by atoms with E-state index in [9.17, 15) is 0 Å². The second-order valence-electron chi connectivity index (χ2n) is 3.08. The van der Waals surface area contributed by atoms with Crippen molar-refractivity contribution in [2.45, 2.75) is 12.5 Å². The number of nitrogens with zero attached hydrogens (tertiary/aromatic N) is 2. The van der Waals surface area contributed by atoms with Crippen LogP contribution in [0.1, 0.15) is 6.42 Å². The summed E-state index contributed by atoms with van der Waals surface area (Å²) in [5, 5.41) is 0. The minimum atomic E-state index is 0.734. The van der Waals surface area contributed by atoms with Crippen molar-refractivity contribution in [3.63, 3.8) is 0 Å². The fourth-order valence-electron chi connectivity index (χ4n) is 1.36. The Labute approximate surface area is 63.1 Å². The summed E-state index contributed by atoms with van der Waals surface area (Å²) >= 11 is 0. The summed E-state index contributed by atoms with van der Waals surface area (Å²) in [5.41, 5.74) is 0. The molecule has 1 fully saturated rings. The van der Waals surface area contributed by atoms with Gasteiger partial charge in [-0.2, -0.15) is 0 Å². The second kappa shape index (κ2) is 3.06. The zero-order valence-corrected chi connectivity index (χ0v) is 6.88. The first-order chi connectivity index (χ1) is 4.74. The molecule has 58 valence electrons. The summed E-state index contributed by atoms with van der Waals surface area (Å²) < 4.78 is 0. The highest BCUT2D eigenvalue weighted by molar-refractivity contribution is 4.85. The fourth-order valence-corrected chi connectivity index (χ4v) is 1.36. The Hall–Kier alpha value is -0.500. The van der Waals surface area contributed by atoms with Gasteiger partial charge in [-0.1, -0.05) is 6.58 Å². The minimum Gasteiger partial charge on any atom is -0.376 e. The summed E-state index contributed by atoms with van der Waals surface area (Å²) in [5.74, 6) is 0. The van der Waals surface area contributed by atoms with Crippen molar-refractivity contribution < 1.29 is 0 Å². The van der Waals surface area contributed by atoms with Crippen LogP contribution < -0.4 is 0 Å². The van der Waals surface area contributed by atoms with E-state index in [0.717, 1.165) is 12.6 Å². The van der Waals surface area contributed by atoms with Crippen molar-refractivity contribution in [3.8, 4) is 0 Å². The maximum absolute atomic E-state index is 3.74. The molecule has 1 atom stereocenters. The summed E-state index contributed by atoms with van der Waals surface area (Å²) in [6.07, 6.45) is 3.21. The second-order valence-corrected chi connectivity index (χ2v) is 3.08. The fraction of sp³-hybridized carbons (Fsp3) is 0.750. The third-order valence-corrected chi connectivity index (χ3v) is 2.18. The van der Waals surface area contributed by atoms with Gasteiger partial charge in [-0.3, -0.25) is 0 Å². The normalized spacial score (nSPS) is 25.9. The molecule has 1 unspecified atom stereocenters. The zero-order valence-electron chi connectivity index (χ0n) is 6.88. The Morgan fingerprint density at radius 2 is 2.30 bits per heavy atom. The van der Waals surface area contributed by atoms with Gasteiger partial charge in [0.2, 0.25) is 0 Å². The molecule has 0 radical (unpaired) electrons.